The summed E-state index contributed by atoms with van der Waals surface area (Å²) in [5, 5.41) is 3.85. The molecule has 1 aliphatic carbocycles. The molecule has 11 heteroatoms. The number of nitrogens with zero attached hydrogens (tertiary/aromatic N) is 4. The third-order valence-electron chi connectivity index (χ3n) is 8.47. The van der Waals surface area contributed by atoms with Gasteiger partial charge in [-0.2, -0.15) is 9.97 Å². The first kappa shape index (κ1) is 23.1. The van der Waals surface area contributed by atoms with Crippen LogP contribution in [0.3, 0.4) is 0 Å². The van der Waals surface area contributed by atoms with Crippen LogP contribution in [0.2, 0.25) is 0 Å². The standard InChI is InChI=1S/C25H29BrFN5O4/c1-31-5-2-17(23(31)33)28-22-18-15-9-34-10-16(15)19(26)20(27)21(18)29-24(30-22)36-12-25(3-4-25)11-32-7-14-6-13(32)8-35-14/h13-14,17H,2-12H2,1H3,(H,28,29,30)/t13-,14-,17-/m1/s1. The molecule has 1 aromatic heterocycles. The number of morpholine rings is 1. The molecule has 2 bridgehead atoms. The smallest absolute Gasteiger partial charge is 0.319 e. The highest BCUT2D eigenvalue weighted by Gasteiger charge is 2.49. The van der Waals surface area contributed by atoms with Crippen molar-refractivity contribution in [1.29, 1.82) is 0 Å². The molecule has 2 aromatic rings. The van der Waals surface area contributed by atoms with Crippen molar-refractivity contribution < 1.29 is 23.4 Å². The Morgan fingerprint density at radius 1 is 1.28 bits per heavy atom. The fourth-order valence-corrected chi connectivity index (χ4v) is 6.65. The lowest BCUT2D eigenvalue weighted by Gasteiger charge is -2.30. The minimum Gasteiger partial charge on any atom is -0.463 e. The molecule has 0 radical (unpaired) electrons. The topological polar surface area (TPSA) is 89.1 Å². The predicted octanol–water partition coefficient (Wildman–Crippen LogP) is 2.84. The van der Waals surface area contributed by atoms with Crippen molar-refractivity contribution in [3.05, 3.63) is 21.4 Å². The lowest BCUT2D eigenvalue weighted by Crippen LogP contribution is -2.42. The van der Waals surface area contributed by atoms with E-state index in [9.17, 15) is 4.79 Å². The van der Waals surface area contributed by atoms with E-state index in [0.29, 0.717) is 60.6 Å². The number of halogens is 2. The van der Waals surface area contributed by atoms with Crippen LogP contribution in [0.25, 0.3) is 10.9 Å². The second-order valence-corrected chi connectivity index (χ2v) is 11.8. The number of benzene rings is 1. The van der Waals surface area contributed by atoms with Gasteiger partial charge in [0.05, 0.1) is 42.4 Å². The number of ether oxygens (including phenoxy) is 3. The van der Waals surface area contributed by atoms with Gasteiger partial charge in [-0.25, -0.2) is 4.39 Å². The average Bonchev–Trinajstić information content (AvgIpc) is 3.30. The van der Waals surface area contributed by atoms with Gasteiger partial charge >= 0.3 is 6.01 Å². The van der Waals surface area contributed by atoms with E-state index >= 15 is 4.39 Å². The van der Waals surface area contributed by atoms with Crippen LogP contribution in [0.1, 0.15) is 36.8 Å². The summed E-state index contributed by atoms with van der Waals surface area (Å²) >= 11 is 3.40. The zero-order chi connectivity index (χ0) is 24.6. The Morgan fingerprint density at radius 2 is 2.11 bits per heavy atom. The summed E-state index contributed by atoms with van der Waals surface area (Å²) < 4.78 is 33.5. The Kier molecular flexibility index (Phi) is 5.43. The number of nitrogens with one attached hydrogen (secondary N) is 1. The summed E-state index contributed by atoms with van der Waals surface area (Å²) in [5.74, 6) is -0.0418. The first-order valence-electron chi connectivity index (χ1n) is 12.7. The fourth-order valence-electron chi connectivity index (χ4n) is 6.11. The van der Waals surface area contributed by atoms with Crippen LogP contribution in [0.5, 0.6) is 6.01 Å². The minimum atomic E-state index is -0.464. The Balaban J connectivity index is 1.20. The Hall–Kier alpha value is -2.08. The number of hydrogen-bond donors (Lipinski definition) is 1. The summed E-state index contributed by atoms with van der Waals surface area (Å²) in [7, 11) is 1.78. The molecule has 1 amide bonds. The normalized spacial score (nSPS) is 28.4. The van der Waals surface area contributed by atoms with E-state index < -0.39 is 11.9 Å². The Bertz CT molecular complexity index is 1260. The molecule has 1 aromatic carbocycles. The highest BCUT2D eigenvalue weighted by atomic mass is 79.9. The van der Waals surface area contributed by atoms with E-state index in [-0.39, 0.29) is 22.8 Å². The second-order valence-electron chi connectivity index (χ2n) is 11.0. The summed E-state index contributed by atoms with van der Waals surface area (Å²) in [4.78, 5) is 26.1. The number of rotatable bonds is 7. The van der Waals surface area contributed by atoms with Gasteiger partial charge in [-0.1, -0.05) is 0 Å². The maximum atomic E-state index is 15.5. The van der Waals surface area contributed by atoms with Crippen LogP contribution < -0.4 is 10.1 Å². The summed E-state index contributed by atoms with van der Waals surface area (Å²) in [6.45, 7) is 4.59. The van der Waals surface area contributed by atoms with Crippen molar-refractivity contribution in [3.63, 3.8) is 0 Å². The number of carbonyl (C=O) groups excluding carboxylic acids is 1. The molecule has 1 N–H and O–H groups in total. The number of carbonyl (C=O) groups is 1. The molecule has 5 aliphatic rings. The van der Waals surface area contributed by atoms with Gasteiger partial charge in [-0.3, -0.25) is 9.69 Å². The van der Waals surface area contributed by atoms with Crippen LogP contribution in [0.4, 0.5) is 10.2 Å². The van der Waals surface area contributed by atoms with Crippen LogP contribution >= 0.6 is 15.9 Å². The minimum absolute atomic E-state index is 0.00413. The zero-order valence-electron chi connectivity index (χ0n) is 20.2. The van der Waals surface area contributed by atoms with Gasteiger partial charge < -0.3 is 24.4 Å². The van der Waals surface area contributed by atoms with E-state index in [2.05, 4.69) is 36.1 Å². The summed E-state index contributed by atoms with van der Waals surface area (Å²) in [6, 6.07) is 0.220. The molecular formula is C25H29BrFN5O4. The van der Waals surface area contributed by atoms with Gasteiger partial charge in [0.1, 0.15) is 17.4 Å². The summed E-state index contributed by atoms with van der Waals surface area (Å²) in [6.07, 6.45) is 4.33. The van der Waals surface area contributed by atoms with Gasteiger partial charge in [0.15, 0.2) is 5.82 Å². The van der Waals surface area contributed by atoms with E-state index in [1.54, 1.807) is 11.9 Å². The largest absolute Gasteiger partial charge is 0.463 e. The van der Waals surface area contributed by atoms with Crippen LogP contribution in [0, 0.1) is 11.2 Å². The van der Waals surface area contributed by atoms with Crippen LogP contribution in [-0.4, -0.2) is 83.8 Å². The van der Waals surface area contributed by atoms with Gasteiger partial charge in [-0.15, -0.1) is 0 Å². The van der Waals surface area contributed by atoms with Crippen LogP contribution in [-0.2, 0) is 27.5 Å². The van der Waals surface area contributed by atoms with Crippen LogP contribution in [0.15, 0.2) is 4.47 Å². The number of likely N-dealkylation sites (tertiary alicyclic amines) is 2. The molecule has 36 heavy (non-hydrogen) atoms. The first-order valence-corrected chi connectivity index (χ1v) is 13.5. The van der Waals surface area contributed by atoms with E-state index in [1.165, 1.54) is 0 Å². The third kappa shape index (κ3) is 3.77. The molecule has 0 spiro atoms. The molecule has 4 fully saturated rings. The highest BCUT2D eigenvalue weighted by Crippen LogP contribution is 2.48. The van der Waals surface area contributed by atoms with Crippen molar-refractivity contribution in [3.8, 4) is 6.01 Å². The maximum Gasteiger partial charge on any atom is 0.319 e. The molecule has 5 heterocycles. The molecule has 7 rings (SSSR count). The molecule has 9 nitrogen and oxygen atoms in total. The Labute approximate surface area is 216 Å². The molecule has 1 saturated carbocycles. The first-order chi connectivity index (χ1) is 17.4. The van der Waals surface area contributed by atoms with Gasteiger partial charge in [0.25, 0.3) is 0 Å². The number of anilines is 1. The molecule has 3 saturated heterocycles. The third-order valence-corrected chi connectivity index (χ3v) is 9.29. The predicted molar refractivity (Wildman–Crippen MR) is 132 cm³/mol. The van der Waals surface area contributed by atoms with Crippen molar-refractivity contribution in [2.24, 2.45) is 5.41 Å². The Morgan fingerprint density at radius 3 is 2.81 bits per heavy atom. The maximum absolute atomic E-state index is 15.5. The number of aromatic nitrogens is 2. The summed E-state index contributed by atoms with van der Waals surface area (Å²) in [5.41, 5.74) is 1.86. The van der Waals surface area contributed by atoms with Gasteiger partial charge in [0, 0.05) is 43.7 Å². The van der Waals surface area contributed by atoms with Crippen molar-refractivity contribution in [2.75, 3.05) is 45.2 Å². The number of hydrogen-bond acceptors (Lipinski definition) is 8. The molecule has 4 aliphatic heterocycles. The second kappa shape index (κ2) is 8.47. The highest BCUT2D eigenvalue weighted by molar-refractivity contribution is 9.10. The quantitative estimate of drug-likeness (QED) is 0.552. The lowest BCUT2D eigenvalue weighted by molar-refractivity contribution is -0.127. The van der Waals surface area contributed by atoms with Crippen molar-refractivity contribution in [1.82, 2.24) is 19.8 Å². The molecular weight excluding hydrogens is 533 g/mol. The molecule has 0 unspecified atom stereocenters. The molecule has 192 valence electrons. The van der Waals surface area contributed by atoms with E-state index in [1.807, 2.05) is 0 Å². The monoisotopic (exact) mass is 561 g/mol. The van der Waals surface area contributed by atoms with Gasteiger partial charge in [-0.05, 0) is 47.2 Å². The van der Waals surface area contributed by atoms with E-state index in [4.69, 9.17) is 14.2 Å². The van der Waals surface area contributed by atoms with Crippen molar-refractivity contribution >= 4 is 38.6 Å². The van der Waals surface area contributed by atoms with Gasteiger partial charge in [0.2, 0.25) is 5.91 Å². The lowest BCUT2D eigenvalue weighted by atomic mass is 10.0. The van der Waals surface area contributed by atoms with Crippen molar-refractivity contribution in [2.45, 2.75) is 57.1 Å². The SMILES string of the molecule is CN1CC[C@@H](Nc2nc(OCC3(CN4C[C@H]5C[C@@H]4CO5)CC3)nc3c(F)c(Br)c4c(c23)COC4)C1=O. The van der Waals surface area contributed by atoms with E-state index in [0.717, 1.165) is 50.1 Å². The fraction of sp³-hybridized carbons (Fsp3) is 0.640. The molecule has 3 atom stereocenters. The number of amides is 1. The average molecular weight is 562 g/mol. The zero-order valence-corrected chi connectivity index (χ0v) is 21.8. The number of likely N-dealkylation sites (N-methyl/N-ethyl adjacent to an activating group) is 1. The number of fused-ring (bicyclic) bond motifs is 5.